The summed E-state index contributed by atoms with van der Waals surface area (Å²) in [6, 6.07) is 15.6. The van der Waals surface area contributed by atoms with Crippen molar-refractivity contribution in [3.63, 3.8) is 0 Å². The molecule has 0 saturated carbocycles. The predicted molar refractivity (Wildman–Crippen MR) is 413 cm³/mol. The summed E-state index contributed by atoms with van der Waals surface area (Å²) in [7, 11) is 6.76. The van der Waals surface area contributed by atoms with Crippen LogP contribution in [0.2, 0.25) is 0 Å². The van der Waals surface area contributed by atoms with Crippen molar-refractivity contribution in [3.8, 4) is 63.4 Å². The Bertz CT molecular complexity index is 4550. The number of pyridine rings is 6. The minimum Gasteiger partial charge on any atom is -0.365 e. The summed E-state index contributed by atoms with van der Waals surface area (Å²) < 4.78 is 118. The summed E-state index contributed by atoms with van der Waals surface area (Å²) in [5.41, 5.74) is 4.76. The SMILES string of the molecule is CCN(C)c1sc(-c2cccnc2)nc1Br.CCN(C)c1sc(-c2cncc(F)c2)nc1Br.CCc1sc(-c2cccnc2)nc1Br.CCc1sc(-c2cncc(F)c2)nc1Br.CN(CC(F)(F)F)c1sc(-c2cccnc2)nc1Br.CN(CC(F)(F)F)c1sc(-c2cncc(F)c2)nc1Br. The lowest BCUT2D eigenvalue weighted by atomic mass is 10.3. The van der Waals surface area contributed by atoms with Crippen LogP contribution in [0.4, 0.5) is 59.5 Å². The average Bonchev–Trinajstić information content (AvgIpc) is 1.72. The highest BCUT2D eigenvalue weighted by atomic mass is 79.9. The standard InChI is InChI=1S/C11H8BrF4N3S.C11H9BrF3N3S.C11H11BrFN3S.C11H12BrN3S.C10H8BrFN2S.C10H9BrN2S/c1-19(5-11(14,15)16)10-8(12)18-9(20-10)6-2-7(13)4-17-3-6;1-18(6-11(13,14)15)10-8(12)17-9(19-10)7-3-2-4-16-5-7;1-3-16(2)11-9(12)15-10(17-11)7-4-8(13)6-14-5-7;1-3-15(2)11-9(12)14-10(16-11)8-5-4-6-13-7-8;1-2-8-9(11)14-10(15-8)6-3-7(12)5-13-4-6;1-2-8-9(11)13-10(14-8)7-4-3-5-12-6-7/h2-4H,5H2,1H3;2-5H,6H2,1H3;4-6H,3H2,1-2H3;4-7H,3H2,1-2H3;3-5H,2H2,1H3;3-6H,2H2,1H3. The molecule has 0 N–H and O–H groups in total. The summed E-state index contributed by atoms with van der Waals surface area (Å²) in [6.07, 6.45) is 11.9. The van der Waals surface area contributed by atoms with Gasteiger partial charge in [-0.1, -0.05) is 59.2 Å². The molecule has 534 valence electrons. The van der Waals surface area contributed by atoms with E-state index in [2.05, 4.69) is 200 Å². The van der Waals surface area contributed by atoms with Crippen LogP contribution in [0, 0.1) is 17.5 Å². The van der Waals surface area contributed by atoms with E-state index in [0.717, 1.165) is 129 Å². The molecular formula is C64H57Br6F9N16S6. The van der Waals surface area contributed by atoms with Gasteiger partial charge in [0.1, 0.15) is 108 Å². The van der Waals surface area contributed by atoms with Gasteiger partial charge in [-0.15, -0.1) is 22.7 Å². The Labute approximate surface area is 650 Å². The number of nitrogens with zero attached hydrogens (tertiary/aromatic N) is 16. The quantitative estimate of drug-likeness (QED) is 0.0837. The summed E-state index contributed by atoms with van der Waals surface area (Å²) in [5.74, 6) is -1.21. The smallest absolute Gasteiger partial charge is 0.365 e. The van der Waals surface area contributed by atoms with Crippen molar-refractivity contribution in [2.24, 2.45) is 0 Å². The number of hydrogen-bond donors (Lipinski definition) is 0. The second-order valence-corrected chi connectivity index (χ2v) is 31.1. The van der Waals surface area contributed by atoms with Crippen molar-refractivity contribution < 1.29 is 39.5 Å². The molecule has 101 heavy (non-hydrogen) atoms. The highest BCUT2D eigenvalue weighted by Crippen LogP contribution is 2.42. The van der Waals surface area contributed by atoms with Crippen molar-refractivity contribution in [2.75, 3.05) is 74.0 Å². The van der Waals surface area contributed by atoms with Gasteiger partial charge >= 0.3 is 12.4 Å². The van der Waals surface area contributed by atoms with Gasteiger partial charge in [-0.3, -0.25) is 29.9 Å². The molecule has 0 amide bonds. The van der Waals surface area contributed by atoms with E-state index in [-0.39, 0.29) is 16.2 Å². The highest BCUT2D eigenvalue weighted by molar-refractivity contribution is 9.11. The maximum atomic E-state index is 13.1. The summed E-state index contributed by atoms with van der Waals surface area (Å²) >= 11 is 28.7. The Kier molecular flexibility index (Phi) is 32.1. The molecule has 0 unspecified atom stereocenters. The fraction of sp³-hybridized carbons (Fsp3) is 0.250. The van der Waals surface area contributed by atoms with Gasteiger partial charge in [0, 0.05) is 140 Å². The minimum atomic E-state index is -4.31. The molecule has 0 saturated heterocycles. The molecule has 0 bridgehead atoms. The van der Waals surface area contributed by atoms with Crippen LogP contribution in [0.3, 0.4) is 0 Å². The Morgan fingerprint density at radius 3 is 0.822 bits per heavy atom. The maximum Gasteiger partial charge on any atom is 0.405 e. The van der Waals surface area contributed by atoms with Crippen molar-refractivity contribution in [1.82, 2.24) is 59.8 Å². The Morgan fingerprint density at radius 2 is 0.584 bits per heavy atom. The van der Waals surface area contributed by atoms with E-state index in [1.807, 2.05) is 49.8 Å². The number of anilines is 4. The number of aryl methyl sites for hydroxylation is 2. The van der Waals surface area contributed by atoms with Gasteiger partial charge in [0.05, 0.1) is 18.6 Å². The number of hydrogen-bond acceptors (Lipinski definition) is 22. The summed E-state index contributed by atoms with van der Waals surface area (Å²) in [6.45, 7) is 8.13. The van der Waals surface area contributed by atoms with E-state index in [0.29, 0.717) is 35.7 Å². The van der Waals surface area contributed by atoms with Crippen molar-refractivity contribution in [2.45, 2.75) is 52.9 Å². The van der Waals surface area contributed by atoms with Gasteiger partial charge < -0.3 is 19.6 Å². The molecule has 0 radical (unpaired) electrons. The second kappa shape index (κ2) is 39.3. The van der Waals surface area contributed by atoms with Gasteiger partial charge in [-0.25, -0.2) is 43.1 Å². The van der Waals surface area contributed by atoms with Gasteiger partial charge in [0.25, 0.3) is 0 Å². The number of halogens is 15. The topological polar surface area (TPSA) is 168 Å². The van der Waals surface area contributed by atoms with Crippen molar-refractivity contribution in [3.05, 3.63) is 184 Å². The molecule has 12 aromatic rings. The van der Waals surface area contributed by atoms with Crippen molar-refractivity contribution in [1.29, 1.82) is 0 Å². The lowest BCUT2D eigenvalue weighted by Gasteiger charge is -2.18. The molecule has 0 aromatic carbocycles. The molecule has 0 aliphatic carbocycles. The third kappa shape index (κ3) is 25.2. The number of alkyl halides is 6. The zero-order valence-electron chi connectivity index (χ0n) is 54.1. The lowest BCUT2D eigenvalue weighted by molar-refractivity contribution is -0.120. The van der Waals surface area contributed by atoms with E-state index >= 15 is 0 Å². The monoisotopic (exact) mass is 1890 g/mol. The first-order chi connectivity index (χ1) is 48.0. The Balaban J connectivity index is 0.000000171. The lowest BCUT2D eigenvalue weighted by Crippen LogP contribution is -2.30. The zero-order valence-corrected chi connectivity index (χ0v) is 68.6. The van der Waals surface area contributed by atoms with Crippen LogP contribution in [0.5, 0.6) is 0 Å². The van der Waals surface area contributed by atoms with Gasteiger partial charge in [-0.05, 0) is 177 Å². The normalized spacial score (nSPS) is 11.0. The van der Waals surface area contributed by atoms with Crippen LogP contribution in [-0.2, 0) is 12.8 Å². The molecule has 12 heterocycles. The largest absolute Gasteiger partial charge is 0.405 e. The fourth-order valence-electron chi connectivity index (χ4n) is 7.98. The van der Waals surface area contributed by atoms with E-state index in [4.69, 9.17) is 0 Å². The molecule has 12 rings (SSSR count). The minimum absolute atomic E-state index is 0.286. The Morgan fingerprint density at radius 1 is 0.337 bits per heavy atom. The highest BCUT2D eigenvalue weighted by Gasteiger charge is 2.32. The molecule has 0 spiro atoms. The molecule has 12 aromatic heterocycles. The summed E-state index contributed by atoms with van der Waals surface area (Å²) in [5, 5.41) is 7.56. The van der Waals surface area contributed by atoms with Gasteiger partial charge in [0.15, 0.2) is 0 Å². The van der Waals surface area contributed by atoms with Crippen LogP contribution in [0.1, 0.15) is 37.4 Å². The molecule has 37 heteroatoms. The van der Waals surface area contributed by atoms with Crippen molar-refractivity contribution >= 4 is 184 Å². The third-order valence-electron chi connectivity index (χ3n) is 13.0. The summed E-state index contributed by atoms with van der Waals surface area (Å²) in [4.78, 5) is 58.3. The number of thiazole rings is 6. The van der Waals surface area contributed by atoms with Gasteiger partial charge in [0.2, 0.25) is 0 Å². The molecule has 0 aliphatic rings. The van der Waals surface area contributed by atoms with E-state index in [1.54, 1.807) is 77.3 Å². The van der Waals surface area contributed by atoms with E-state index in [9.17, 15) is 39.5 Å². The molecular weight excluding hydrogens is 1840 g/mol. The maximum absolute atomic E-state index is 13.1. The molecule has 16 nitrogen and oxygen atoms in total. The first-order valence-corrected chi connectivity index (χ1v) is 39.1. The average molecular weight is 1890 g/mol. The second-order valence-electron chi connectivity index (χ2n) is 20.5. The fourth-order valence-corrected chi connectivity index (χ4v) is 18.5. The number of aromatic nitrogens is 12. The number of rotatable bonds is 16. The van der Waals surface area contributed by atoms with Crippen LogP contribution in [-0.4, -0.2) is 127 Å². The molecule has 0 atom stereocenters. The van der Waals surface area contributed by atoms with E-state index in [1.165, 1.54) is 78.4 Å². The Hall–Kier alpha value is -5.87. The first kappa shape index (κ1) is 82.4. The third-order valence-corrected chi connectivity index (χ3v) is 25.4. The molecule has 0 fully saturated rings. The van der Waals surface area contributed by atoms with Crippen LogP contribution in [0.15, 0.2) is 157 Å². The first-order valence-electron chi connectivity index (χ1n) is 29.5. The van der Waals surface area contributed by atoms with Gasteiger partial charge in [-0.2, -0.15) is 26.3 Å². The van der Waals surface area contributed by atoms with Crippen LogP contribution in [0.25, 0.3) is 63.4 Å². The van der Waals surface area contributed by atoms with E-state index < -0.39 is 31.3 Å². The molecule has 0 aliphatic heterocycles. The van der Waals surface area contributed by atoms with Crippen LogP contribution < -0.4 is 19.6 Å². The predicted octanol–water partition coefficient (Wildman–Crippen LogP) is 22.3. The zero-order chi connectivity index (χ0) is 73.7. The van der Waals surface area contributed by atoms with Crippen LogP contribution >= 0.6 is 164 Å².